The van der Waals surface area contributed by atoms with Crippen LogP contribution in [0.5, 0.6) is 0 Å². The summed E-state index contributed by atoms with van der Waals surface area (Å²) in [6, 6.07) is 15.4. The standard InChI is InChI=1S/C29H32N2O4S2/c1-18-12-14-20(15-13-18)24-17-36-28(25(24)29(34)35-3)31-26(32)19(2)37-23-11-7-10-22(16-23)30-27(33)21-8-5-4-6-9-21/h7,10-17,19,21H,4-6,8-9H2,1-3H3,(H,30,33)(H,31,32). The lowest BCUT2D eigenvalue weighted by atomic mass is 9.88. The molecule has 1 unspecified atom stereocenters. The van der Waals surface area contributed by atoms with Gasteiger partial charge in [0.1, 0.15) is 10.6 Å². The van der Waals surface area contributed by atoms with E-state index in [1.807, 2.05) is 67.8 Å². The van der Waals surface area contributed by atoms with E-state index in [1.165, 1.54) is 36.6 Å². The molecule has 6 nitrogen and oxygen atoms in total. The summed E-state index contributed by atoms with van der Waals surface area (Å²) < 4.78 is 5.02. The number of thioether (sulfide) groups is 1. The minimum absolute atomic E-state index is 0.0741. The van der Waals surface area contributed by atoms with Crippen molar-refractivity contribution in [1.82, 2.24) is 0 Å². The van der Waals surface area contributed by atoms with Crippen LogP contribution < -0.4 is 10.6 Å². The summed E-state index contributed by atoms with van der Waals surface area (Å²) in [5.74, 6) is -0.558. The van der Waals surface area contributed by atoms with Gasteiger partial charge in [-0.25, -0.2) is 4.79 Å². The molecule has 4 rings (SSSR count). The summed E-state index contributed by atoms with van der Waals surface area (Å²) in [5.41, 5.74) is 3.83. The van der Waals surface area contributed by atoms with Gasteiger partial charge in [0.2, 0.25) is 11.8 Å². The fourth-order valence-electron chi connectivity index (χ4n) is 4.43. The zero-order chi connectivity index (χ0) is 26.4. The van der Waals surface area contributed by atoms with Crippen LogP contribution in [0, 0.1) is 12.8 Å². The van der Waals surface area contributed by atoms with E-state index >= 15 is 0 Å². The lowest BCUT2D eigenvalue weighted by Gasteiger charge is -2.21. The van der Waals surface area contributed by atoms with Gasteiger partial charge in [-0.15, -0.1) is 23.1 Å². The van der Waals surface area contributed by atoms with Gasteiger partial charge in [-0.3, -0.25) is 9.59 Å². The van der Waals surface area contributed by atoms with E-state index in [9.17, 15) is 14.4 Å². The molecule has 1 atom stereocenters. The second-order valence-corrected chi connectivity index (χ2v) is 11.6. The molecule has 1 fully saturated rings. The molecule has 0 spiro atoms. The van der Waals surface area contributed by atoms with Crippen molar-refractivity contribution in [3.63, 3.8) is 0 Å². The monoisotopic (exact) mass is 536 g/mol. The maximum Gasteiger partial charge on any atom is 0.341 e. The summed E-state index contributed by atoms with van der Waals surface area (Å²) >= 11 is 2.70. The quantitative estimate of drug-likeness (QED) is 0.236. The number of hydrogen-bond donors (Lipinski definition) is 2. The van der Waals surface area contributed by atoms with Gasteiger partial charge in [0.05, 0.1) is 12.4 Å². The number of hydrogen-bond acceptors (Lipinski definition) is 6. The van der Waals surface area contributed by atoms with Gasteiger partial charge in [0, 0.05) is 27.4 Å². The van der Waals surface area contributed by atoms with E-state index in [0.29, 0.717) is 10.6 Å². The Balaban J connectivity index is 1.43. The highest BCUT2D eigenvalue weighted by Crippen LogP contribution is 2.37. The van der Waals surface area contributed by atoms with Crippen LogP contribution in [-0.4, -0.2) is 30.1 Å². The van der Waals surface area contributed by atoms with Crippen molar-refractivity contribution in [1.29, 1.82) is 0 Å². The Kier molecular flexibility index (Phi) is 9.05. The van der Waals surface area contributed by atoms with Gasteiger partial charge >= 0.3 is 5.97 Å². The van der Waals surface area contributed by atoms with Gasteiger partial charge < -0.3 is 15.4 Å². The molecule has 8 heteroatoms. The summed E-state index contributed by atoms with van der Waals surface area (Å²) in [5, 5.41) is 7.86. The first-order valence-electron chi connectivity index (χ1n) is 12.5. The third kappa shape index (κ3) is 6.81. The number of amides is 2. The lowest BCUT2D eigenvalue weighted by Crippen LogP contribution is -2.24. The van der Waals surface area contributed by atoms with Crippen molar-refractivity contribution in [3.05, 3.63) is 65.0 Å². The number of anilines is 2. The van der Waals surface area contributed by atoms with E-state index in [-0.39, 0.29) is 17.7 Å². The highest BCUT2D eigenvalue weighted by molar-refractivity contribution is 8.00. The predicted molar refractivity (Wildman–Crippen MR) is 151 cm³/mol. The Labute approximate surface area is 226 Å². The Morgan fingerprint density at radius 2 is 1.76 bits per heavy atom. The number of methoxy groups -OCH3 is 1. The van der Waals surface area contributed by atoms with Crippen LogP contribution in [0.25, 0.3) is 11.1 Å². The summed E-state index contributed by atoms with van der Waals surface area (Å²) in [7, 11) is 1.34. The first-order chi connectivity index (χ1) is 17.9. The second-order valence-electron chi connectivity index (χ2n) is 9.31. The van der Waals surface area contributed by atoms with Crippen LogP contribution >= 0.6 is 23.1 Å². The lowest BCUT2D eigenvalue weighted by molar-refractivity contribution is -0.120. The van der Waals surface area contributed by atoms with E-state index in [4.69, 9.17) is 4.74 Å². The number of carbonyl (C=O) groups is 3. The molecule has 2 amide bonds. The molecular formula is C29H32N2O4S2. The highest BCUT2D eigenvalue weighted by atomic mass is 32.2. The molecule has 1 heterocycles. The van der Waals surface area contributed by atoms with Gasteiger partial charge in [-0.05, 0) is 50.5 Å². The zero-order valence-electron chi connectivity index (χ0n) is 21.3. The molecule has 1 aliphatic carbocycles. The van der Waals surface area contributed by atoms with Crippen LogP contribution in [0.2, 0.25) is 0 Å². The molecule has 3 aromatic rings. The molecule has 1 saturated carbocycles. The molecule has 1 aliphatic rings. The Hall–Kier alpha value is -3.10. The number of aryl methyl sites for hydroxylation is 1. The van der Waals surface area contributed by atoms with Gasteiger partial charge in [0.25, 0.3) is 0 Å². The molecular weight excluding hydrogens is 504 g/mol. The van der Waals surface area contributed by atoms with Crippen LogP contribution in [-0.2, 0) is 14.3 Å². The van der Waals surface area contributed by atoms with Crippen molar-refractivity contribution in [2.45, 2.75) is 56.1 Å². The molecule has 0 bridgehead atoms. The summed E-state index contributed by atoms with van der Waals surface area (Å²) in [4.78, 5) is 39.2. The average Bonchev–Trinajstić information content (AvgIpc) is 3.32. The number of carbonyl (C=O) groups excluding carboxylic acids is 3. The van der Waals surface area contributed by atoms with Crippen molar-refractivity contribution in [2.75, 3.05) is 17.7 Å². The van der Waals surface area contributed by atoms with Crippen molar-refractivity contribution < 1.29 is 19.1 Å². The number of thiophene rings is 1. The number of esters is 1. The maximum atomic E-state index is 13.1. The maximum absolute atomic E-state index is 13.1. The third-order valence-corrected chi connectivity index (χ3v) is 8.53. The highest BCUT2D eigenvalue weighted by Gasteiger charge is 2.25. The minimum atomic E-state index is -0.492. The Bertz CT molecular complexity index is 1260. The first kappa shape index (κ1) is 26.9. The van der Waals surface area contributed by atoms with Gasteiger partial charge in [0.15, 0.2) is 0 Å². The van der Waals surface area contributed by atoms with Gasteiger partial charge in [-0.1, -0.05) is 55.2 Å². The van der Waals surface area contributed by atoms with Crippen molar-refractivity contribution in [3.8, 4) is 11.1 Å². The number of ether oxygens (including phenoxy) is 1. The molecule has 194 valence electrons. The Morgan fingerprint density at radius 1 is 1.03 bits per heavy atom. The van der Waals surface area contributed by atoms with Crippen LogP contribution in [0.15, 0.2) is 58.8 Å². The molecule has 0 aliphatic heterocycles. The first-order valence-corrected chi connectivity index (χ1v) is 14.3. The Morgan fingerprint density at radius 3 is 2.46 bits per heavy atom. The minimum Gasteiger partial charge on any atom is -0.465 e. The topological polar surface area (TPSA) is 84.5 Å². The van der Waals surface area contributed by atoms with Gasteiger partial charge in [-0.2, -0.15) is 0 Å². The molecule has 0 radical (unpaired) electrons. The zero-order valence-corrected chi connectivity index (χ0v) is 23.0. The van der Waals surface area contributed by atoms with Crippen LogP contribution in [0.1, 0.15) is 54.9 Å². The van der Waals surface area contributed by atoms with Crippen LogP contribution in [0.4, 0.5) is 10.7 Å². The molecule has 0 saturated heterocycles. The molecule has 2 N–H and O–H groups in total. The second kappa shape index (κ2) is 12.4. The predicted octanol–water partition coefficient (Wildman–Crippen LogP) is 7.15. The molecule has 2 aromatic carbocycles. The van der Waals surface area contributed by atoms with E-state index < -0.39 is 11.2 Å². The number of nitrogens with one attached hydrogen (secondary N) is 2. The SMILES string of the molecule is COC(=O)c1c(-c2ccc(C)cc2)csc1NC(=O)C(C)Sc1cccc(NC(=O)C2CCCCC2)c1. The molecule has 1 aromatic heterocycles. The largest absolute Gasteiger partial charge is 0.465 e. The fourth-order valence-corrected chi connectivity index (χ4v) is 6.31. The van der Waals surface area contributed by atoms with Crippen molar-refractivity contribution >= 4 is 51.6 Å². The average molecular weight is 537 g/mol. The van der Waals surface area contributed by atoms with E-state index in [2.05, 4.69) is 10.6 Å². The summed E-state index contributed by atoms with van der Waals surface area (Å²) in [6.45, 7) is 3.82. The number of benzene rings is 2. The van der Waals surface area contributed by atoms with Crippen molar-refractivity contribution in [2.24, 2.45) is 5.92 Å². The normalized spacial score (nSPS) is 14.6. The van der Waals surface area contributed by atoms with E-state index in [1.54, 1.807) is 0 Å². The third-order valence-electron chi connectivity index (χ3n) is 6.54. The van der Waals surface area contributed by atoms with Crippen LogP contribution in [0.3, 0.4) is 0 Å². The number of rotatable bonds is 8. The molecule has 37 heavy (non-hydrogen) atoms. The summed E-state index contributed by atoms with van der Waals surface area (Å²) in [6.07, 6.45) is 5.30. The fraction of sp³-hybridized carbons (Fsp3) is 0.345. The van der Waals surface area contributed by atoms with E-state index in [0.717, 1.165) is 53.0 Å². The smallest absolute Gasteiger partial charge is 0.341 e.